The number of aliphatic hydroxyl groups is 1. The van der Waals surface area contributed by atoms with Crippen molar-refractivity contribution in [2.75, 3.05) is 0 Å². The van der Waals surface area contributed by atoms with Gasteiger partial charge < -0.3 is 19.7 Å². The van der Waals surface area contributed by atoms with E-state index in [0.29, 0.717) is 34.1 Å². The lowest BCUT2D eigenvalue weighted by Crippen LogP contribution is -2.18. The van der Waals surface area contributed by atoms with Crippen molar-refractivity contribution < 1.29 is 19.7 Å². The zero-order valence-corrected chi connectivity index (χ0v) is 11.5. The molecular formula is C15H16O5. The molecule has 1 aliphatic rings. The summed E-state index contributed by atoms with van der Waals surface area (Å²) in [5, 5.41) is 31.0. The first kappa shape index (κ1) is 13.0. The number of hydrogen-bond donors (Lipinski definition) is 3. The molecule has 0 saturated carbocycles. The van der Waals surface area contributed by atoms with E-state index in [9.17, 15) is 20.1 Å². The van der Waals surface area contributed by atoms with Crippen LogP contribution in [0, 0.1) is 13.8 Å². The van der Waals surface area contributed by atoms with E-state index in [4.69, 9.17) is 4.42 Å². The second-order valence-electron chi connectivity index (χ2n) is 5.52. The van der Waals surface area contributed by atoms with Crippen LogP contribution in [-0.2, 0) is 0 Å². The van der Waals surface area contributed by atoms with Crippen LogP contribution in [-0.4, -0.2) is 15.3 Å². The van der Waals surface area contributed by atoms with Gasteiger partial charge in [-0.1, -0.05) is 6.92 Å². The fraction of sp³-hybridized carbons (Fsp3) is 0.400. The van der Waals surface area contributed by atoms with E-state index in [1.807, 2.05) is 6.92 Å². The first-order chi connectivity index (χ1) is 9.34. The van der Waals surface area contributed by atoms with Gasteiger partial charge >= 0.3 is 5.63 Å². The molecule has 20 heavy (non-hydrogen) atoms. The Kier molecular flexibility index (Phi) is 2.59. The molecule has 2 atom stereocenters. The van der Waals surface area contributed by atoms with Gasteiger partial charge in [0.15, 0.2) is 11.5 Å². The largest absolute Gasteiger partial charge is 0.504 e. The number of phenolic OH excluding ortho intramolecular Hbond substituents is 2. The second kappa shape index (κ2) is 3.99. The minimum absolute atomic E-state index is 0.140. The third-order valence-corrected chi connectivity index (χ3v) is 4.25. The number of rotatable bonds is 0. The molecule has 0 radical (unpaired) electrons. The standard InChI is InChI=1S/C15H16O5/c1-5-4-8(16)10-6(2)15(19)20-14-7(3)12(17)13(18)9(5)11(10)14/h5,8,16-18H,4H2,1-3H3. The smallest absolute Gasteiger partial charge is 0.339 e. The predicted molar refractivity (Wildman–Crippen MR) is 73.3 cm³/mol. The maximum atomic E-state index is 11.9. The summed E-state index contributed by atoms with van der Waals surface area (Å²) in [5.41, 5.74) is 1.41. The third kappa shape index (κ3) is 1.44. The number of aryl methyl sites for hydroxylation is 1. The number of benzene rings is 1. The van der Waals surface area contributed by atoms with E-state index in [2.05, 4.69) is 0 Å². The Morgan fingerprint density at radius 3 is 2.40 bits per heavy atom. The Balaban J connectivity index is 2.66. The SMILES string of the molecule is Cc1c2c3c(c(O)c(O)c(C)c3oc1=O)C(C)CC2O. The minimum Gasteiger partial charge on any atom is -0.504 e. The molecule has 1 aromatic heterocycles. The van der Waals surface area contributed by atoms with E-state index in [1.165, 1.54) is 0 Å². The molecule has 3 rings (SSSR count). The van der Waals surface area contributed by atoms with Crippen molar-refractivity contribution >= 4 is 11.0 Å². The topological polar surface area (TPSA) is 90.9 Å². The zero-order valence-electron chi connectivity index (χ0n) is 11.5. The molecule has 0 aliphatic heterocycles. The predicted octanol–water partition coefficient (Wildman–Crippen LogP) is 2.36. The molecule has 2 aromatic rings. The lowest BCUT2D eigenvalue weighted by molar-refractivity contribution is 0.155. The molecule has 106 valence electrons. The summed E-state index contributed by atoms with van der Waals surface area (Å²) in [6.07, 6.45) is -0.380. The Bertz CT molecular complexity index is 787. The van der Waals surface area contributed by atoms with E-state index in [-0.39, 0.29) is 23.0 Å². The van der Waals surface area contributed by atoms with Gasteiger partial charge in [-0.25, -0.2) is 4.79 Å². The van der Waals surface area contributed by atoms with Crippen LogP contribution >= 0.6 is 0 Å². The van der Waals surface area contributed by atoms with E-state index in [0.717, 1.165) is 0 Å². The van der Waals surface area contributed by atoms with Crippen LogP contribution in [0.15, 0.2) is 9.21 Å². The van der Waals surface area contributed by atoms with Crippen LogP contribution in [0.5, 0.6) is 11.5 Å². The number of hydrogen-bond acceptors (Lipinski definition) is 5. The van der Waals surface area contributed by atoms with Crippen molar-refractivity contribution in [2.45, 2.75) is 39.2 Å². The zero-order chi connectivity index (χ0) is 14.8. The first-order valence-corrected chi connectivity index (χ1v) is 6.54. The Hall–Kier alpha value is -2.01. The monoisotopic (exact) mass is 276 g/mol. The number of aromatic hydroxyl groups is 2. The van der Waals surface area contributed by atoms with Gasteiger partial charge in [-0.2, -0.15) is 0 Å². The van der Waals surface area contributed by atoms with Gasteiger partial charge in [-0.15, -0.1) is 0 Å². The maximum absolute atomic E-state index is 11.9. The van der Waals surface area contributed by atoms with Gasteiger partial charge in [0.25, 0.3) is 0 Å². The molecule has 2 unspecified atom stereocenters. The molecule has 0 spiro atoms. The molecule has 1 aliphatic carbocycles. The highest BCUT2D eigenvalue weighted by molar-refractivity contribution is 5.93. The van der Waals surface area contributed by atoms with Gasteiger partial charge in [-0.3, -0.25) is 0 Å². The summed E-state index contributed by atoms with van der Waals surface area (Å²) in [6.45, 7) is 5.03. The molecule has 0 bridgehead atoms. The Labute approximate surface area is 115 Å². The molecule has 0 saturated heterocycles. The number of phenols is 2. The van der Waals surface area contributed by atoms with Crippen molar-refractivity contribution in [3.8, 4) is 11.5 Å². The molecule has 1 aromatic carbocycles. The molecular weight excluding hydrogens is 260 g/mol. The fourth-order valence-corrected chi connectivity index (χ4v) is 3.17. The van der Waals surface area contributed by atoms with Crippen molar-refractivity contribution in [3.05, 3.63) is 32.7 Å². The first-order valence-electron chi connectivity index (χ1n) is 6.54. The van der Waals surface area contributed by atoms with Crippen LogP contribution in [0.3, 0.4) is 0 Å². The minimum atomic E-state index is -0.771. The third-order valence-electron chi connectivity index (χ3n) is 4.25. The van der Waals surface area contributed by atoms with E-state index < -0.39 is 11.7 Å². The summed E-state index contributed by atoms with van der Waals surface area (Å²) >= 11 is 0. The molecule has 0 amide bonds. The molecule has 1 heterocycles. The van der Waals surface area contributed by atoms with Crippen LogP contribution in [0.2, 0.25) is 0 Å². The lowest BCUT2D eigenvalue weighted by Gasteiger charge is -2.29. The Morgan fingerprint density at radius 1 is 1.10 bits per heavy atom. The van der Waals surface area contributed by atoms with Gasteiger partial charge in [0.05, 0.1) is 6.10 Å². The second-order valence-corrected chi connectivity index (χ2v) is 5.52. The van der Waals surface area contributed by atoms with Crippen molar-refractivity contribution in [2.24, 2.45) is 0 Å². The van der Waals surface area contributed by atoms with Crippen molar-refractivity contribution in [3.63, 3.8) is 0 Å². The van der Waals surface area contributed by atoms with Gasteiger partial charge in [0.1, 0.15) is 5.58 Å². The summed E-state index contributed by atoms with van der Waals surface area (Å²) < 4.78 is 5.28. The van der Waals surface area contributed by atoms with Crippen molar-refractivity contribution in [1.82, 2.24) is 0 Å². The normalized spacial score (nSPS) is 21.4. The average molecular weight is 276 g/mol. The highest BCUT2D eigenvalue weighted by Gasteiger charge is 2.33. The Morgan fingerprint density at radius 2 is 1.75 bits per heavy atom. The average Bonchev–Trinajstić information content (AvgIpc) is 2.38. The van der Waals surface area contributed by atoms with Crippen LogP contribution in [0.4, 0.5) is 0 Å². The lowest BCUT2D eigenvalue weighted by atomic mass is 9.79. The summed E-state index contributed by atoms with van der Waals surface area (Å²) in [6, 6.07) is 0. The molecule has 0 fully saturated rings. The van der Waals surface area contributed by atoms with Crippen LogP contribution < -0.4 is 5.63 Å². The highest BCUT2D eigenvalue weighted by Crippen LogP contribution is 2.50. The number of aliphatic hydroxyl groups excluding tert-OH is 1. The summed E-state index contributed by atoms with van der Waals surface area (Å²) in [7, 11) is 0. The van der Waals surface area contributed by atoms with Gasteiger partial charge in [-0.05, 0) is 26.2 Å². The molecule has 3 N–H and O–H groups in total. The maximum Gasteiger partial charge on any atom is 0.339 e. The van der Waals surface area contributed by atoms with E-state index >= 15 is 0 Å². The fourth-order valence-electron chi connectivity index (χ4n) is 3.17. The molecule has 5 heteroatoms. The van der Waals surface area contributed by atoms with E-state index in [1.54, 1.807) is 13.8 Å². The highest BCUT2D eigenvalue weighted by atomic mass is 16.4. The summed E-state index contributed by atoms with van der Waals surface area (Å²) in [5.74, 6) is -0.601. The summed E-state index contributed by atoms with van der Waals surface area (Å²) in [4.78, 5) is 11.9. The van der Waals surface area contributed by atoms with Crippen LogP contribution in [0.25, 0.3) is 11.0 Å². The van der Waals surface area contributed by atoms with Gasteiger partial charge in [0.2, 0.25) is 0 Å². The van der Waals surface area contributed by atoms with Crippen LogP contribution in [0.1, 0.15) is 47.6 Å². The quantitative estimate of drug-likeness (QED) is 0.507. The molecule has 5 nitrogen and oxygen atoms in total. The van der Waals surface area contributed by atoms with Crippen molar-refractivity contribution in [1.29, 1.82) is 0 Å². The van der Waals surface area contributed by atoms with Gasteiger partial charge in [0, 0.05) is 27.6 Å².